The van der Waals surface area contributed by atoms with Gasteiger partial charge in [-0.3, -0.25) is 4.79 Å². The number of anilines is 1. The summed E-state index contributed by atoms with van der Waals surface area (Å²) in [4.78, 5) is 10.6. The normalized spacial score (nSPS) is 10.1. The Morgan fingerprint density at radius 1 is 1.11 bits per heavy atom. The minimum absolute atomic E-state index is 0.0546. The van der Waals surface area contributed by atoms with E-state index in [1.54, 1.807) is 18.2 Å². The van der Waals surface area contributed by atoms with Crippen LogP contribution in [0.5, 0.6) is 11.5 Å². The number of carboxylic acid groups (broad SMARTS) is 1. The molecule has 0 amide bonds. The second-order valence-electron chi connectivity index (χ2n) is 4.17. The number of nitrogens with two attached hydrogens (primary N) is 1. The third-order valence-electron chi connectivity index (χ3n) is 2.70. The Balaban J connectivity index is 2.14. The monoisotopic (exact) mass is 257 g/mol. The number of rotatable bonds is 5. The van der Waals surface area contributed by atoms with Crippen LogP contribution in [0.3, 0.4) is 0 Å². The maximum absolute atomic E-state index is 10.6. The molecule has 0 bridgehead atoms. The summed E-state index contributed by atoms with van der Waals surface area (Å²) in [6, 6.07) is 14.7. The molecule has 4 heteroatoms. The Hall–Kier alpha value is -2.49. The molecule has 0 saturated heterocycles. The highest BCUT2D eigenvalue weighted by atomic mass is 16.5. The SMILES string of the molecule is Nc1ccc(Oc2ccccc2)cc1CCC(=O)O. The molecule has 0 saturated carbocycles. The van der Waals surface area contributed by atoms with E-state index in [1.165, 1.54) is 0 Å². The number of ether oxygens (including phenoxy) is 1. The minimum Gasteiger partial charge on any atom is -0.481 e. The average molecular weight is 257 g/mol. The number of hydrogen-bond donors (Lipinski definition) is 2. The number of nitrogen functional groups attached to an aromatic ring is 1. The predicted molar refractivity (Wildman–Crippen MR) is 73.3 cm³/mol. The van der Waals surface area contributed by atoms with Crippen molar-refractivity contribution in [3.8, 4) is 11.5 Å². The van der Waals surface area contributed by atoms with Crippen LogP contribution >= 0.6 is 0 Å². The lowest BCUT2D eigenvalue weighted by molar-refractivity contribution is -0.136. The van der Waals surface area contributed by atoms with Crippen LogP contribution in [0.25, 0.3) is 0 Å². The predicted octanol–water partition coefficient (Wildman–Crippen LogP) is 3.08. The largest absolute Gasteiger partial charge is 0.481 e. The first-order chi connectivity index (χ1) is 9.15. The van der Waals surface area contributed by atoms with Gasteiger partial charge in [-0.2, -0.15) is 0 Å². The first-order valence-corrected chi connectivity index (χ1v) is 5.98. The van der Waals surface area contributed by atoms with Crippen molar-refractivity contribution in [1.82, 2.24) is 0 Å². The molecule has 4 nitrogen and oxygen atoms in total. The number of benzene rings is 2. The summed E-state index contributed by atoms with van der Waals surface area (Å²) in [6.45, 7) is 0. The zero-order chi connectivity index (χ0) is 13.7. The fourth-order valence-electron chi connectivity index (χ4n) is 1.73. The number of carbonyl (C=O) groups is 1. The van der Waals surface area contributed by atoms with E-state index in [-0.39, 0.29) is 6.42 Å². The molecule has 0 atom stereocenters. The highest BCUT2D eigenvalue weighted by Crippen LogP contribution is 2.25. The zero-order valence-corrected chi connectivity index (χ0v) is 10.4. The van der Waals surface area contributed by atoms with Crippen molar-refractivity contribution in [3.63, 3.8) is 0 Å². The molecule has 2 rings (SSSR count). The number of para-hydroxylation sites is 1. The lowest BCUT2D eigenvalue weighted by Crippen LogP contribution is -2.01. The van der Waals surface area contributed by atoms with Gasteiger partial charge in [0.1, 0.15) is 11.5 Å². The molecule has 0 aliphatic carbocycles. The minimum atomic E-state index is -0.839. The Morgan fingerprint density at radius 2 is 1.84 bits per heavy atom. The van der Waals surface area contributed by atoms with Gasteiger partial charge in [-0.05, 0) is 42.3 Å². The fourth-order valence-corrected chi connectivity index (χ4v) is 1.73. The van der Waals surface area contributed by atoms with Gasteiger partial charge in [0.2, 0.25) is 0 Å². The van der Waals surface area contributed by atoms with Crippen LogP contribution in [-0.2, 0) is 11.2 Å². The van der Waals surface area contributed by atoms with E-state index in [0.29, 0.717) is 17.9 Å². The fraction of sp³-hybridized carbons (Fsp3) is 0.133. The molecule has 2 aromatic carbocycles. The van der Waals surface area contributed by atoms with Gasteiger partial charge >= 0.3 is 5.97 Å². The second kappa shape index (κ2) is 5.91. The lowest BCUT2D eigenvalue weighted by atomic mass is 10.1. The van der Waals surface area contributed by atoms with Crippen LogP contribution in [0.15, 0.2) is 48.5 Å². The first kappa shape index (κ1) is 13.0. The van der Waals surface area contributed by atoms with Gasteiger partial charge in [0.15, 0.2) is 0 Å². The van der Waals surface area contributed by atoms with E-state index >= 15 is 0 Å². The Kier molecular flexibility index (Phi) is 4.03. The Bertz CT molecular complexity index is 567. The molecule has 0 radical (unpaired) electrons. The van der Waals surface area contributed by atoms with Gasteiger partial charge in [-0.15, -0.1) is 0 Å². The molecule has 2 aromatic rings. The van der Waals surface area contributed by atoms with E-state index in [9.17, 15) is 4.79 Å². The highest BCUT2D eigenvalue weighted by molar-refractivity contribution is 5.67. The van der Waals surface area contributed by atoms with Gasteiger partial charge in [0, 0.05) is 12.1 Å². The summed E-state index contributed by atoms with van der Waals surface area (Å²) in [5.41, 5.74) is 7.19. The summed E-state index contributed by atoms with van der Waals surface area (Å²) in [5.74, 6) is 0.547. The molecule has 0 aliphatic heterocycles. The highest BCUT2D eigenvalue weighted by Gasteiger charge is 2.05. The van der Waals surface area contributed by atoms with Crippen LogP contribution in [0.2, 0.25) is 0 Å². The van der Waals surface area contributed by atoms with E-state index in [1.807, 2.05) is 30.3 Å². The second-order valence-corrected chi connectivity index (χ2v) is 4.17. The van der Waals surface area contributed by atoms with Crippen LogP contribution < -0.4 is 10.5 Å². The Labute approximate surface area is 111 Å². The smallest absolute Gasteiger partial charge is 0.303 e. The number of carboxylic acids is 1. The average Bonchev–Trinajstić information content (AvgIpc) is 2.40. The molecular formula is C15H15NO3. The quantitative estimate of drug-likeness (QED) is 0.807. The summed E-state index contributed by atoms with van der Waals surface area (Å²) >= 11 is 0. The van der Waals surface area contributed by atoms with E-state index in [0.717, 1.165) is 11.3 Å². The summed E-state index contributed by atoms with van der Waals surface area (Å²) < 4.78 is 5.68. The van der Waals surface area contributed by atoms with Crippen LogP contribution in [0.4, 0.5) is 5.69 Å². The third-order valence-corrected chi connectivity index (χ3v) is 2.70. The van der Waals surface area contributed by atoms with Crippen molar-refractivity contribution in [3.05, 3.63) is 54.1 Å². The topological polar surface area (TPSA) is 72.5 Å². The van der Waals surface area contributed by atoms with Crippen LogP contribution in [0.1, 0.15) is 12.0 Å². The molecule has 19 heavy (non-hydrogen) atoms. The van der Waals surface area contributed by atoms with Crippen molar-refractivity contribution >= 4 is 11.7 Å². The van der Waals surface area contributed by atoms with E-state index in [4.69, 9.17) is 15.6 Å². The maximum atomic E-state index is 10.6. The summed E-state index contributed by atoms with van der Waals surface area (Å²) in [5, 5.41) is 8.70. The number of aryl methyl sites for hydroxylation is 1. The van der Waals surface area contributed by atoms with Gasteiger partial charge in [-0.25, -0.2) is 0 Å². The Morgan fingerprint density at radius 3 is 2.53 bits per heavy atom. The molecule has 0 spiro atoms. The number of hydrogen-bond acceptors (Lipinski definition) is 3. The van der Waals surface area contributed by atoms with Gasteiger partial charge in [-0.1, -0.05) is 18.2 Å². The van der Waals surface area contributed by atoms with Gasteiger partial charge in [0.25, 0.3) is 0 Å². The number of aliphatic carboxylic acids is 1. The van der Waals surface area contributed by atoms with E-state index in [2.05, 4.69) is 0 Å². The van der Waals surface area contributed by atoms with Crippen molar-refractivity contribution in [2.75, 3.05) is 5.73 Å². The maximum Gasteiger partial charge on any atom is 0.303 e. The van der Waals surface area contributed by atoms with Gasteiger partial charge < -0.3 is 15.6 Å². The zero-order valence-electron chi connectivity index (χ0n) is 10.4. The standard InChI is InChI=1S/C15H15NO3/c16-14-8-7-13(10-11(14)6-9-15(17)18)19-12-4-2-1-3-5-12/h1-5,7-8,10H,6,9,16H2,(H,17,18). The molecule has 3 N–H and O–H groups in total. The third kappa shape index (κ3) is 3.74. The summed E-state index contributed by atoms with van der Waals surface area (Å²) in [7, 11) is 0. The van der Waals surface area contributed by atoms with Crippen molar-refractivity contribution < 1.29 is 14.6 Å². The molecule has 98 valence electrons. The van der Waals surface area contributed by atoms with Gasteiger partial charge in [0.05, 0.1) is 0 Å². The van der Waals surface area contributed by atoms with Crippen molar-refractivity contribution in [2.45, 2.75) is 12.8 Å². The van der Waals surface area contributed by atoms with E-state index < -0.39 is 5.97 Å². The lowest BCUT2D eigenvalue weighted by Gasteiger charge is -2.09. The van der Waals surface area contributed by atoms with Crippen LogP contribution in [-0.4, -0.2) is 11.1 Å². The first-order valence-electron chi connectivity index (χ1n) is 5.98. The molecule has 0 unspecified atom stereocenters. The molecule has 0 heterocycles. The van der Waals surface area contributed by atoms with Crippen molar-refractivity contribution in [2.24, 2.45) is 0 Å². The molecular weight excluding hydrogens is 242 g/mol. The van der Waals surface area contributed by atoms with Crippen molar-refractivity contribution in [1.29, 1.82) is 0 Å². The molecule has 0 aliphatic rings. The molecule has 0 aromatic heterocycles. The molecule has 0 fully saturated rings. The summed E-state index contributed by atoms with van der Waals surface area (Å²) in [6.07, 6.45) is 0.451. The van der Waals surface area contributed by atoms with Crippen LogP contribution in [0, 0.1) is 0 Å².